The molecule has 5 nitrogen and oxygen atoms in total. The third-order valence-corrected chi connectivity index (χ3v) is 5.83. The topological polar surface area (TPSA) is 54.0 Å². The lowest BCUT2D eigenvalue weighted by Gasteiger charge is -2.18. The van der Waals surface area contributed by atoms with Crippen LogP contribution in [0.2, 0.25) is 5.02 Å². The summed E-state index contributed by atoms with van der Waals surface area (Å²) in [6, 6.07) is 21.0. The number of carbonyl (C=O) groups is 1. The van der Waals surface area contributed by atoms with Crippen molar-refractivity contribution >= 4 is 17.6 Å². The average molecular weight is 511 g/mol. The van der Waals surface area contributed by atoms with Gasteiger partial charge in [-0.2, -0.15) is 0 Å². The molecule has 0 spiro atoms. The fourth-order valence-electron chi connectivity index (χ4n) is 3.80. The molecule has 1 atom stereocenters. The van der Waals surface area contributed by atoms with Crippen LogP contribution in [0.4, 0.5) is 0 Å². The summed E-state index contributed by atoms with van der Waals surface area (Å²) in [6.07, 6.45) is 3.63. The number of hydrogen-bond donors (Lipinski definition) is 0. The van der Waals surface area contributed by atoms with Crippen molar-refractivity contribution in [3.8, 4) is 23.0 Å². The summed E-state index contributed by atoms with van der Waals surface area (Å²) in [7, 11) is 0. The third-order valence-electron chi connectivity index (χ3n) is 5.60. The van der Waals surface area contributed by atoms with E-state index in [1.807, 2.05) is 56.3 Å². The van der Waals surface area contributed by atoms with Crippen LogP contribution in [0, 0.1) is 0 Å². The molecule has 192 valence electrons. The molecule has 0 aliphatic carbocycles. The van der Waals surface area contributed by atoms with Gasteiger partial charge in [0.25, 0.3) is 0 Å². The molecule has 36 heavy (non-hydrogen) atoms. The number of aryl methyl sites for hydroxylation is 2. The molecule has 3 aromatic carbocycles. The van der Waals surface area contributed by atoms with Crippen molar-refractivity contribution in [2.24, 2.45) is 0 Å². The highest BCUT2D eigenvalue weighted by Crippen LogP contribution is 2.35. The largest absolute Gasteiger partial charge is 0.493 e. The monoisotopic (exact) mass is 510 g/mol. The number of para-hydroxylation sites is 1. The van der Waals surface area contributed by atoms with Crippen LogP contribution in [0.25, 0.3) is 0 Å². The van der Waals surface area contributed by atoms with Gasteiger partial charge in [-0.05, 0) is 74.2 Å². The van der Waals surface area contributed by atoms with Crippen molar-refractivity contribution in [3.63, 3.8) is 0 Å². The number of benzene rings is 3. The Labute approximate surface area is 219 Å². The first-order valence-corrected chi connectivity index (χ1v) is 13.0. The smallest absolute Gasteiger partial charge is 0.306 e. The maximum Gasteiger partial charge on any atom is 0.306 e. The van der Waals surface area contributed by atoms with E-state index in [0.29, 0.717) is 54.7 Å². The molecule has 0 heterocycles. The highest BCUT2D eigenvalue weighted by Gasteiger charge is 2.13. The maximum absolute atomic E-state index is 11.7. The zero-order valence-corrected chi connectivity index (χ0v) is 22.1. The van der Waals surface area contributed by atoms with E-state index in [1.54, 1.807) is 12.1 Å². The lowest BCUT2D eigenvalue weighted by Crippen LogP contribution is -2.16. The van der Waals surface area contributed by atoms with Gasteiger partial charge in [-0.15, -0.1) is 0 Å². The van der Waals surface area contributed by atoms with Gasteiger partial charge in [0.05, 0.1) is 19.3 Å². The standard InChI is InChI=1S/C30H35ClO5/c1-4-9-24-20-27(15-12-23(24)13-17-30(32)33-5-2)34-19-18-22(3)35-28-16-14-25(31)21-29(28)36-26-10-7-6-8-11-26/h6-8,10-12,14-16,20-22H,4-5,9,13,17-19H2,1-3H3. The van der Waals surface area contributed by atoms with Gasteiger partial charge < -0.3 is 18.9 Å². The Hall–Kier alpha value is -3.18. The molecule has 0 aromatic heterocycles. The van der Waals surface area contributed by atoms with Gasteiger partial charge in [0, 0.05) is 23.9 Å². The Morgan fingerprint density at radius 2 is 1.69 bits per heavy atom. The molecule has 0 bridgehead atoms. The first kappa shape index (κ1) is 27.4. The van der Waals surface area contributed by atoms with Crippen LogP contribution in [-0.2, 0) is 22.4 Å². The van der Waals surface area contributed by atoms with Crippen molar-refractivity contribution in [2.75, 3.05) is 13.2 Å². The molecule has 0 radical (unpaired) electrons. The summed E-state index contributed by atoms with van der Waals surface area (Å²) in [6.45, 7) is 6.90. The van der Waals surface area contributed by atoms with Crippen LogP contribution >= 0.6 is 11.6 Å². The van der Waals surface area contributed by atoms with Gasteiger partial charge in [-0.1, -0.05) is 49.2 Å². The van der Waals surface area contributed by atoms with Gasteiger partial charge in [0.1, 0.15) is 11.5 Å². The summed E-state index contributed by atoms with van der Waals surface area (Å²) in [5, 5.41) is 0.581. The Morgan fingerprint density at radius 1 is 0.889 bits per heavy atom. The van der Waals surface area contributed by atoms with Crippen molar-refractivity contribution in [1.82, 2.24) is 0 Å². The summed E-state index contributed by atoms with van der Waals surface area (Å²) in [4.78, 5) is 11.7. The maximum atomic E-state index is 11.7. The number of hydrogen-bond acceptors (Lipinski definition) is 5. The Morgan fingerprint density at radius 3 is 2.44 bits per heavy atom. The van der Waals surface area contributed by atoms with Crippen LogP contribution in [0.15, 0.2) is 66.7 Å². The molecular formula is C30H35ClO5. The van der Waals surface area contributed by atoms with Crippen molar-refractivity contribution in [3.05, 3.63) is 82.9 Å². The lowest BCUT2D eigenvalue weighted by atomic mass is 9.99. The summed E-state index contributed by atoms with van der Waals surface area (Å²) in [5.41, 5.74) is 2.38. The molecule has 0 aliphatic heterocycles. The SMILES string of the molecule is CCCc1cc(OCCC(C)Oc2ccc(Cl)cc2Oc2ccccc2)ccc1CCC(=O)OCC. The van der Waals surface area contributed by atoms with Crippen LogP contribution < -0.4 is 14.2 Å². The number of halogens is 1. The van der Waals surface area contributed by atoms with E-state index in [2.05, 4.69) is 19.1 Å². The van der Waals surface area contributed by atoms with E-state index in [1.165, 1.54) is 11.1 Å². The lowest BCUT2D eigenvalue weighted by molar-refractivity contribution is -0.143. The van der Waals surface area contributed by atoms with Crippen molar-refractivity contribution in [2.45, 2.75) is 59.0 Å². The van der Waals surface area contributed by atoms with E-state index in [0.717, 1.165) is 18.6 Å². The normalized spacial score (nSPS) is 11.6. The Balaban J connectivity index is 1.55. The zero-order valence-electron chi connectivity index (χ0n) is 21.3. The minimum atomic E-state index is -0.160. The number of esters is 1. The molecule has 0 saturated carbocycles. The summed E-state index contributed by atoms with van der Waals surface area (Å²) < 4.78 is 23.2. The summed E-state index contributed by atoms with van der Waals surface area (Å²) >= 11 is 6.19. The van der Waals surface area contributed by atoms with E-state index in [-0.39, 0.29) is 12.1 Å². The third kappa shape index (κ3) is 8.80. The predicted molar refractivity (Wildman–Crippen MR) is 144 cm³/mol. The second-order valence-corrected chi connectivity index (χ2v) is 8.99. The first-order chi connectivity index (χ1) is 17.5. The fourth-order valence-corrected chi connectivity index (χ4v) is 3.96. The van der Waals surface area contributed by atoms with Gasteiger partial charge in [0.2, 0.25) is 0 Å². The molecule has 1 unspecified atom stereocenters. The van der Waals surface area contributed by atoms with Crippen LogP contribution in [0.3, 0.4) is 0 Å². The molecule has 0 amide bonds. The minimum Gasteiger partial charge on any atom is -0.493 e. The molecular weight excluding hydrogens is 476 g/mol. The van der Waals surface area contributed by atoms with E-state index in [4.69, 9.17) is 30.5 Å². The molecule has 3 rings (SSSR count). The molecule has 0 N–H and O–H groups in total. The predicted octanol–water partition coefficient (Wildman–Crippen LogP) is 7.82. The number of rotatable bonds is 14. The average Bonchev–Trinajstić information content (AvgIpc) is 2.86. The van der Waals surface area contributed by atoms with Gasteiger partial charge in [-0.3, -0.25) is 4.79 Å². The Bertz CT molecular complexity index is 1100. The second kappa shape index (κ2) is 14.4. The molecule has 0 saturated heterocycles. The summed E-state index contributed by atoms with van der Waals surface area (Å²) in [5.74, 6) is 2.59. The van der Waals surface area contributed by atoms with Gasteiger partial charge in [-0.25, -0.2) is 0 Å². The van der Waals surface area contributed by atoms with Crippen LogP contribution in [-0.4, -0.2) is 25.3 Å². The van der Waals surface area contributed by atoms with Crippen molar-refractivity contribution in [1.29, 1.82) is 0 Å². The zero-order chi connectivity index (χ0) is 25.8. The molecule has 0 fully saturated rings. The van der Waals surface area contributed by atoms with E-state index >= 15 is 0 Å². The molecule has 6 heteroatoms. The number of carbonyl (C=O) groups excluding carboxylic acids is 1. The first-order valence-electron chi connectivity index (χ1n) is 12.6. The van der Waals surface area contributed by atoms with Crippen LogP contribution in [0.1, 0.15) is 51.2 Å². The second-order valence-electron chi connectivity index (χ2n) is 8.56. The van der Waals surface area contributed by atoms with Gasteiger partial charge >= 0.3 is 5.97 Å². The van der Waals surface area contributed by atoms with Crippen molar-refractivity contribution < 1.29 is 23.7 Å². The molecule has 3 aromatic rings. The Kier molecular flexibility index (Phi) is 11.0. The van der Waals surface area contributed by atoms with E-state index < -0.39 is 0 Å². The highest BCUT2D eigenvalue weighted by atomic mass is 35.5. The van der Waals surface area contributed by atoms with Crippen LogP contribution in [0.5, 0.6) is 23.0 Å². The highest BCUT2D eigenvalue weighted by molar-refractivity contribution is 6.30. The molecule has 0 aliphatic rings. The van der Waals surface area contributed by atoms with E-state index in [9.17, 15) is 4.79 Å². The van der Waals surface area contributed by atoms with Gasteiger partial charge in [0.15, 0.2) is 11.5 Å². The quantitative estimate of drug-likeness (QED) is 0.207. The minimum absolute atomic E-state index is 0.0942. The fraction of sp³-hybridized carbons (Fsp3) is 0.367. The number of ether oxygens (including phenoxy) is 4.